The van der Waals surface area contributed by atoms with Crippen LogP contribution in [-0.4, -0.2) is 11.0 Å². The molecule has 0 aliphatic heterocycles. The van der Waals surface area contributed by atoms with Crippen LogP contribution in [0.25, 0.3) is 0 Å². The summed E-state index contributed by atoms with van der Waals surface area (Å²) in [6, 6.07) is 8.61. The molecule has 0 amide bonds. The minimum absolute atomic E-state index is 0.0506. The van der Waals surface area contributed by atoms with Gasteiger partial charge in [-0.2, -0.15) is 0 Å². The predicted octanol–water partition coefficient (Wildman–Crippen LogP) is 4.50. The predicted molar refractivity (Wildman–Crippen MR) is 85.0 cm³/mol. The van der Waals surface area contributed by atoms with Crippen molar-refractivity contribution in [2.75, 3.05) is 0 Å². The normalized spacial score (nSPS) is 11.5. The number of aryl methyl sites for hydroxylation is 2. The molecule has 110 valence electrons. The molecule has 4 nitrogen and oxygen atoms in total. The maximum Gasteiger partial charge on any atom is 0.171 e. The molecule has 0 radical (unpaired) electrons. The number of nitrogens with two attached hydrogens (primary N) is 1. The maximum atomic E-state index is 8.68. The van der Waals surface area contributed by atoms with Crippen molar-refractivity contribution in [2.24, 2.45) is 10.9 Å². The summed E-state index contributed by atoms with van der Waals surface area (Å²) < 4.78 is 5.86. The summed E-state index contributed by atoms with van der Waals surface area (Å²) in [7, 11) is 0. The first kappa shape index (κ1) is 15.5. The molecule has 0 spiro atoms. The van der Waals surface area contributed by atoms with Crippen molar-refractivity contribution in [2.45, 2.75) is 13.8 Å². The van der Waals surface area contributed by atoms with Crippen molar-refractivity contribution in [1.82, 2.24) is 0 Å². The van der Waals surface area contributed by atoms with E-state index in [1.165, 1.54) is 0 Å². The Kier molecular flexibility index (Phi) is 4.60. The van der Waals surface area contributed by atoms with Crippen LogP contribution in [0.1, 0.15) is 16.7 Å². The molecular formula is C15H14Cl2N2O2. The van der Waals surface area contributed by atoms with Gasteiger partial charge in [0.1, 0.15) is 11.5 Å². The molecule has 0 unspecified atom stereocenters. The molecule has 0 aliphatic carbocycles. The lowest BCUT2D eigenvalue weighted by molar-refractivity contribution is 0.318. The van der Waals surface area contributed by atoms with Crippen LogP contribution in [0.15, 0.2) is 35.5 Å². The molecule has 0 heterocycles. The first-order valence-corrected chi connectivity index (χ1v) is 6.90. The van der Waals surface area contributed by atoms with E-state index in [0.29, 0.717) is 21.4 Å². The Bertz CT molecular complexity index is 692. The highest BCUT2D eigenvalue weighted by molar-refractivity contribution is 6.34. The second-order valence-electron chi connectivity index (χ2n) is 4.60. The number of nitrogens with zero attached hydrogens (tertiary/aromatic N) is 1. The second kappa shape index (κ2) is 6.24. The van der Waals surface area contributed by atoms with Crippen LogP contribution in [0.2, 0.25) is 10.0 Å². The van der Waals surface area contributed by atoms with Crippen molar-refractivity contribution in [3.8, 4) is 11.5 Å². The Morgan fingerprint density at radius 3 is 2.29 bits per heavy atom. The van der Waals surface area contributed by atoms with E-state index in [0.717, 1.165) is 16.9 Å². The number of amidine groups is 1. The van der Waals surface area contributed by atoms with Gasteiger partial charge in [0, 0.05) is 16.7 Å². The zero-order valence-corrected chi connectivity index (χ0v) is 13.0. The Balaban J connectivity index is 2.35. The van der Waals surface area contributed by atoms with Crippen LogP contribution in [0.4, 0.5) is 0 Å². The van der Waals surface area contributed by atoms with Gasteiger partial charge in [0.05, 0.1) is 5.02 Å². The van der Waals surface area contributed by atoms with Crippen molar-refractivity contribution < 1.29 is 9.94 Å². The van der Waals surface area contributed by atoms with Crippen molar-refractivity contribution in [1.29, 1.82) is 0 Å². The van der Waals surface area contributed by atoms with Gasteiger partial charge in [-0.1, -0.05) is 28.4 Å². The van der Waals surface area contributed by atoms with Gasteiger partial charge in [-0.25, -0.2) is 0 Å². The second-order valence-corrected chi connectivity index (χ2v) is 5.44. The minimum Gasteiger partial charge on any atom is -0.457 e. The number of rotatable bonds is 3. The molecule has 0 fully saturated rings. The monoisotopic (exact) mass is 324 g/mol. The smallest absolute Gasteiger partial charge is 0.171 e. The van der Waals surface area contributed by atoms with Crippen LogP contribution in [0.5, 0.6) is 11.5 Å². The Morgan fingerprint density at radius 2 is 1.76 bits per heavy atom. The summed E-state index contributed by atoms with van der Waals surface area (Å²) in [4.78, 5) is 0. The molecule has 6 heteroatoms. The number of halogens is 2. The summed E-state index contributed by atoms with van der Waals surface area (Å²) in [6.07, 6.45) is 0. The fraction of sp³-hybridized carbons (Fsp3) is 0.133. The SMILES string of the molecule is Cc1cc(Cl)cc(C)c1Oc1ccc(C(N)=NO)c(Cl)c1. The molecular weight excluding hydrogens is 311 g/mol. The molecule has 3 N–H and O–H groups in total. The average molecular weight is 325 g/mol. The van der Waals surface area contributed by atoms with Crippen LogP contribution in [-0.2, 0) is 0 Å². The zero-order valence-electron chi connectivity index (χ0n) is 11.5. The highest BCUT2D eigenvalue weighted by Gasteiger charge is 2.10. The van der Waals surface area contributed by atoms with Crippen LogP contribution < -0.4 is 10.5 Å². The fourth-order valence-electron chi connectivity index (χ4n) is 2.00. The van der Waals surface area contributed by atoms with E-state index in [4.69, 9.17) is 38.9 Å². The van der Waals surface area contributed by atoms with Gasteiger partial charge >= 0.3 is 0 Å². The molecule has 21 heavy (non-hydrogen) atoms. The number of hydrogen-bond donors (Lipinski definition) is 2. The van der Waals surface area contributed by atoms with Gasteiger partial charge in [-0.15, -0.1) is 0 Å². The maximum absolute atomic E-state index is 8.68. The summed E-state index contributed by atoms with van der Waals surface area (Å²) in [6.45, 7) is 3.83. The van der Waals surface area contributed by atoms with Crippen LogP contribution in [0, 0.1) is 13.8 Å². The van der Waals surface area contributed by atoms with Gasteiger partial charge in [0.25, 0.3) is 0 Å². The van der Waals surface area contributed by atoms with E-state index >= 15 is 0 Å². The van der Waals surface area contributed by atoms with E-state index < -0.39 is 0 Å². The van der Waals surface area contributed by atoms with E-state index in [-0.39, 0.29) is 5.84 Å². The van der Waals surface area contributed by atoms with Crippen molar-refractivity contribution in [3.63, 3.8) is 0 Å². The van der Waals surface area contributed by atoms with Gasteiger partial charge in [0.15, 0.2) is 5.84 Å². The van der Waals surface area contributed by atoms with Gasteiger partial charge in [-0.05, 0) is 49.2 Å². The summed E-state index contributed by atoms with van der Waals surface area (Å²) in [5.74, 6) is 1.24. The summed E-state index contributed by atoms with van der Waals surface area (Å²) in [5.41, 5.74) is 7.82. The molecule has 2 aromatic rings. The lowest BCUT2D eigenvalue weighted by Crippen LogP contribution is -2.13. The molecule has 0 saturated heterocycles. The lowest BCUT2D eigenvalue weighted by Gasteiger charge is -2.13. The van der Waals surface area contributed by atoms with E-state index in [1.54, 1.807) is 18.2 Å². The Morgan fingerprint density at radius 1 is 1.14 bits per heavy atom. The molecule has 2 aromatic carbocycles. The summed E-state index contributed by atoms with van der Waals surface area (Å²) in [5, 5.41) is 12.6. The fourth-order valence-corrected chi connectivity index (χ4v) is 2.59. The van der Waals surface area contributed by atoms with Gasteiger partial charge < -0.3 is 15.7 Å². The number of hydrogen-bond acceptors (Lipinski definition) is 3. The molecule has 0 atom stereocenters. The Hall–Kier alpha value is -1.91. The number of ether oxygens (including phenoxy) is 1. The first-order chi connectivity index (χ1) is 9.92. The molecule has 2 rings (SSSR count). The lowest BCUT2D eigenvalue weighted by atomic mass is 10.1. The summed E-state index contributed by atoms with van der Waals surface area (Å²) >= 11 is 12.1. The topological polar surface area (TPSA) is 67.8 Å². The van der Waals surface area contributed by atoms with E-state index in [2.05, 4.69) is 5.16 Å². The number of oxime groups is 1. The molecule has 0 aromatic heterocycles. The first-order valence-electron chi connectivity index (χ1n) is 6.14. The highest BCUT2D eigenvalue weighted by atomic mass is 35.5. The minimum atomic E-state index is -0.0506. The highest BCUT2D eigenvalue weighted by Crippen LogP contribution is 2.33. The van der Waals surface area contributed by atoms with E-state index in [9.17, 15) is 0 Å². The molecule has 0 saturated carbocycles. The Labute approximate surface area is 132 Å². The van der Waals surface area contributed by atoms with Crippen LogP contribution in [0.3, 0.4) is 0 Å². The third-order valence-electron chi connectivity index (χ3n) is 2.97. The third-order valence-corrected chi connectivity index (χ3v) is 3.50. The van der Waals surface area contributed by atoms with Gasteiger partial charge in [0.2, 0.25) is 0 Å². The van der Waals surface area contributed by atoms with Crippen molar-refractivity contribution in [3.05, 3.63) is 57.1 Å². The zero-order chi connectivity index (χ0) is 15.6. The standard InChI is InChI=1S/C15H14Cl2N2O2/c1-8-5-10(16)6-9(2)14(8)21-11-3-4-12(13(17)7-11)15(18)19-20/h3-7,20H,1-2H3,(H2,18,19). The largest absolute Gasteiger partial charge is 0.457 e. The van der Waals surface area contributed by atoms with Crippen molar-refractivity contribution >= 4 is 29.0 Å². The molecule has 0 bridgehead atoms. The van der Waals surface area contributed by atoms with E-state index in [1.807, 2.05) is 26.0 Å². The van der Waals surface area contributed by atoms with Crippen LogP contribution >= 0.6 is 23.2 Å². The quantitative estimate of drug-likeness (QED) is 0.378. The third kappa shape index (κ3) is 3.40. The molecule has 0 aliphatic rings. The number of benzene rings is 2. The van der Waals surface area contributed by atoms with Gasteiger partial charge in [-0.3, -0.25) is 0 Å². The average Bonchev–Trinajstić information content (AvgIpc) is 2.42.